The maximum absolute atomic E-state index is 12.6. The molecule has 0 spiro atoms. The van der Waals surface area contributed by atoms with Crippen LogP contribution in [0.1, 0.15) is 12.0 Å². The lowest BCUT2D eigenvalue weighted by atomic mass is 10.1. The quantitative estimate of drug-likeness (QED) is 0.566. The minimum Gasteiger partial charge on any atom is -0.497 e. The van der Waals surface area contributed by atoms with Gasteiger partial charge >= 0.3 is 12.1 Å². The van der Waals surface area contributed by atoms with Gasteiger partial charge in [-0.05, 0) is 44.4 Å². The molecule has 0 saturated heterocycles. The lowest BCUT2D eigenvalue weighted by Gasteiger charge is -2.10. The molecule has 0 bridgehead atoms. The summed E-state index contributed by atoms with van der Waals surface area (Å²) in [6, 6.07) is 5.57. The van der Waals surface area contributed by atoms with Crippen LogP contribution in [0.2, 0.25) is 0 Å². The molecule has 3 rings (SSSR count). The highest BCUT2D eigenvalue weighted by atomic mass is 16.7. The molecule has 0 radical (unpaired) electrons. The van der Waals surface area contributed by atoms with Crippen molar-refractivity contribution in [3.63, 3.8) is 0 Å². The molecule has 0 atom stereocenters. The van der Waals surface area contributed by atoms with Gasteiger partial charge in [-0.2, -0.15) is 0 Å². The molecule has 8 heteroatoms. The average molecular weight is 399 g/mol. The Morgan fingerprint density at radius 1 is 1.24 bits per heavy atom. The standard InChI is InChI=1S/C21H25N3O5/c1-23(2)10-8-16-13-24(19-11-17(27-3)6-7-18(16)19)21(26)29-14-28-20(25)15-5-4-9-22-12-15/h4,6-7,9,11-13,22H,5,8,10,14H2,1-3H3. The summed E-state index contributed by atoms with van der Waals surface area (Å²) in [5, 5.41) is 3.77. The van der Waals surface area contributed by atoms with Crippen LogP contribution in [0.5, 0.6) is 5.75 Å². The number of esters is 1. The third-order valence-electron chi connectivity index (χ3n) is 4.56. The van der Waals surface area contributed by atoms with E-state index in [1.165, 1.54) is 4.57 Å². The molecule has 0 saturated carbocycles. The molecule has 29 heavy (non-hydrogen) atoms. The molecule has 0 aliphatic carbocycles. The predicted molar refractivity (Wildman–Crippen MR) is 109 cm³/mol. The molecule has 154 valence electrons. The molecule has 1 aliphatic rings. The Bertz CT molecular complexity index is 959. The molecule has 0 amide bonds. The zero-order valence-corrected chi connectivity index (χ0v) is 16.8. The first-order valence-corrected chi connectivity index (χ1v) is 9.26. The van der Waals surface area contributed by atoms with Crippen LogP contribution in [0.3, 0.4) is 0 Å². The lowest BCUT2D eigenvalue weighted by molar-refractivity contribution is -0.147. The summed E-state index contributed by atoms with van der Waals surface area (Å²) in [4.78, 5) is 26.7. The minimum absolute atomic E-state index is 0.463. The average Bonchev–Trinajstić information content (AvgIpc) is 3.10. The van der Waals surface area contributed by atoms with Gasteiger partial charge in [-0.15, -0.1) is 0 Å². The van der Waals surface area contributed by atoms with E-state index in [1.54, 1.807) is 37.8 Å². The van der Waals surface area contributed by atoms with E-state index in [1.807, 2.05) is 26.2 Å². The molecule has 0 fully saturated rings. The molecule has 8 nitrogen and oxygen atoms in total. The summed E-state index contributed by atoms with van der Waals surface area (Å²) in [5.41, 5.74) is 2.17. The Morgan fingerprint density at radius 3 is 2.76 bits per heavy atom. The monoisotopic (exact) mass is 399 g/mol. The summed E-state index contributed by atoms with van der Waals surface area (Å²) < 4.78 is 16.9. The maximum atomic E-state index is 12.6. The number of rotatable bonds is 7. The number of aromatic nitrogens is 1. The van der Waals surface area contributed by atoms with Crippen LogP contribution in [0, 0.1) is 0 Å². The van der Waals surface area contributed by atoms with Crippen molar-refractivity contribution in [1.29, 1.82) is 0 Å². The van der Waals surface area contributed by atoms with Gasteiger partial charge in [-0.1, -0.05) is 6.08 Å². The van der Waals surface area contributed by atoms with E-state index in [0.717, 1.165) is 23.9 Å². The van der Waals surface area contributed by atoms with E-state index in [4.69, 9.17) is 14.2 Å². The summed E-state index contributed by atoms with van der Waals surface area (Å²) in [6.45, 7) is 0.380. The molecule has 1 aliphatic heterocycles. The Labute approximate surface area is 169 Å². The number of carbonyl (C=O) groups excluding carboxylic acids is 2. The normalized spacial score (nSPS) is 13.2. The van der Waals surface area contributed by atoms with Gasteiger partial charge in [-0.25, -0.2) is 9.59 Å². The van der Waals surface area contributed by atoms with Crippen LogP contribution in [-0.2, 0) is 20.7 Å². The van der Waals surface area contributed by atoms with Crippen molar-refractivity contribution in [2.75, 3.05) is 34.5 Å². The van der Waals surface area contributed by atoms with Gasteiger partial charge in [0, 0.05) is 36.8 Å². The number of methoxy groups -OCH3 is 1. The topological polar surface area (TPSA) is 82.0 Å². The van der Waals surface area contributed by atoms with E-state index in [0.29, 0.717) is 23.3 Å². The fourth-order valence-corrected chi connectivity index (χ4v) is 3.00. The van der Waals surface area contributed by atoms with Crippen LogP contribution < -0.4 is 10.1 Å². The molecule has 0 unspecified atom stereocenters. The van der Waals surface area contributed by atoms with Gasteiger partial charge in [0.25, 0.3) is 0 Å². The van der Waals surface area contributed by atoms with Crippen LogP contribution in [0.15, 0.2) is 48.4 Å². The molecule has 1 N–H and O–H groups in total. The zero-order chi connectivity index (χ0) is 20.8. The number of nitrogens with zero attached hydrogens (tertiary/aromatic N) is 2. The van der Waals surface area contributed by atoms with Gasteiger partial charge in [0.2, 0.25) is 6.79 Å². The summed E-state index contributed by atoms with van der Waals surface area (Å²) in [7, 11) is 5.57. The van der Waals surface area contributed by atoms with Gasteiger partial charge in [0.15, 0.2) is 0 Å². The first-order valence-electron chi connectivity index (χ1n) is 9.26. The third kappa shape index (κ3) is 4.97. The van der Waals surface area contributed by atoms with E-state index in [2.05, 4.69) is 10.2 Å². The Hall–Kier alpha value is -3.26. The SMILES string of the molecule is COc1ccc2c(CCN(C)C)cn(C(=O)OCOC(=O)C3=CNC=CC3)c2c1. The number of carbonyl (C=O) groups is 2. The van der Waals surface area contributed by atoms with E-state index < -0.39 is 18.9 Å². The second-order valence-electron chi connectivity index (χ2n) is 6.86. The molecule has 1 aromatic carbocycles. The highest BCUT2D eigenvalue weighted by molar-refractivity contribution is 5.93. The molecule has 2 aromatic rings. The van der Waals surface area contributed by atoms with Gasteiger partial charge < -0.3 is 24.4 Å². The van der Waals surface area contributed by atoms with E-state index >= 15 is 0 Å². The largest absolute Gasteiger partial charge is 0.497 e. The molecular formula is C21H25N3O5. The van der Waals surface area contributed by atoms with Crippen LogP contribution >= 0.6 is 0 Å². The van der Waals surface area contributed by atoms with Gasteiger partial charge in [0.05, 0.1) is 18.2 Å². The van der Waals surface area contributed by atoms with Crippen LogP contribution in [0.25, 0.3) is 10.9 Å². The van der Waals surface area contributed by atoms with E-state index in [9.17, 15) is 9.59 Å². The Kier molecular flexibility index (Phi) is 6.56. The van der Waals surface area contributed by atoms with Crippen molar-refractivity contribution in [2.45, 2.75) is 12.8 Å². The van der Waals surface area contributed by atoms with Crippen molar-refractivity contribution in [3.8, 4) is 5.75 Å². The summed E-state index contributed by atoms with van der Waals surface area (Å²) in [5.74, 6) is 0.111. The van der Waals surface area contributed by atoms with Crippen LogP contribution in [-0.4, -0.2) is 56.1 Å². The zero-order valence-electron chi connectivity index (χ0n) is 16.8. The minimum atomic E-state index is -0.622. The molecule has 2 heterocycles. The van der Waals surface area contributed by atoms with Crippen molar-refractivity contribution >= 4 is 23.0 Å². The number of hydrogen-bond acceptors (Lipinski definition) is 7. The Morgan fingerprint density at radius 2 is 2.07 bits per heavy atom. The van der Waals surface area contributed by atoms with Crippen molar-refractivity contribution < 1.29 is 23.8 Å². The number of ether oxygens (including phenoxy) is 3. The number of dihydropyridines is 1. The van der Waals surface area contributed by atoms with Gasteiger partial charge in [0.1, 0.15) is 5.75 Å². The van der Waals surface area contributed by atoms with Crippen LogP contribution in [0.4, 0.5) is 4.79 Å². The summed E-state index contributed by atoms with van der Waals surface area (Å²) in [6.07, 6.45) is 7.48. The number of allylic oxidation sites excluding steroid dienone is 1. The van der Waals surface area contributed by atoms with Crippen molar-refractivity contribution in [2.24, 2.45) is 0 Å². The van der Waals surface area contributed by atoms with E-state index in [-0.39, 0.29) is 0 Å². The fourth-order valence-electron chi connectivity index (χ4n) is 3.00. The second-order valence-corrected chi connectivity index (χ2v) is 6.86. The first-order chi connectivity index (χ1) is 14.0. The predicted octanol–water partition coefficient (Wildman–Crippen LogP) is 2.63. The highest BCUT2D eigenvalue weighted by Gasteiger charge is 2.17. The second kappa shape index (κ2) is 9.29. The number of fused-ring (bicyclic) bond motifs is 1. The fraction of sp³-hybridized carbons (Fsp3) is 0.333. The smallest absolute Gasteiger partial charge is 0.421 e. The third-order valence-corrected chi connectivity index (χ3v) is 4.56. The maximum Gasteiger partial charge on any atom is 0.421 e. The number of benzene rings is 1. The number of likely N-dealkylation sites (N-methyl/N-ethyl adjacent to an activating group) is 1. The number of hydrogen-bond donors (Lipinski definition) is 1. The lowest BCUT2D eigenvalue weighted by Crippen LogP contribution is -2.19. The Balaban J connectivity index is 1.72. The van der Waals surface area contributed by atoms with Crippen molar-refractivity contribution in [1.82, 2.24) is 14.8 Å². The summed E-state index contributed by atoms with van der Waals surface area (Å²) >= 11 is 0. The number of nitrogens with one attached hydrogen (secondary N) is 1. The highest BCUT2D eigenvalue weighted by Crippen LogP contribution is 2.26. The molecular weight excluding hydrogens is 374 g/mol. The molecule has 1 aromatic heterocycles. The van der Waals surface area contributed by atoms with Gasteiger partial charge in [-0.3, -0.25) is 4.57 Å². The first kappa shape index (κ1) is 20.5. The van der Waals surface area contributed by atoms with Crippen molar-refractivity contribution in [3.05, 3.63) is 54.0 Å².